The van der Waals surface area contributed by atoms with Crippen molar-refractivity contribution in [2.45, 2.75) is 44.7 Å². The summed E-state index contributed by atoms with van der Waals surface area (Å²) >= 11 is 0. The van der Waals surface area contributed by atoms with Gasteiger partial charge in [0.25, 0.3) is 5.56 Å². The van der Waals surface area contributed by atoms with Crippen molar-refractivity contribution in [3.63, 3.8) is 0 Å². The second-order valence-electron chi connectivity index (χ2n) is 7.65. The maximum atomic E-state index is 13.3. The van der Waals surface area contributed by atoms with Gasteiger partial charge in [-0.2, -0.15) is 0 Å². The number of carbonyl (C=O) groups is 1. The number of halogens is 1. The zero-order chi connectivity index (χ0) is 20.2. The molecule has 1 aromatic heterocycles. The minimum Gasteiger partial charge on any atom is -0.349 e. The van der Waals surface area contributed by atoms with Crippen LogP contribution >= 0.6 is 0 Å². The Bertz CT molecular complexity index is 1060. The molecule has 4 rings (SSSR count). The van der Waals surface area contributed by atoms with Crippen LogP contribution < -0.4 is 10.9 Å². The van der Waals surface area contributed by atoms with Gasteiger partial charge in [0, 0.05) is 13.0 Å². The Balaban J connectivity index is 1.46. The van der Waals surface area contributed by atoms with Gasteiger partial charge in [-0.3, -0.25) is 14.2 Å². The van der Waals surface area contributed by atoms with E-state index in [2.05, 4.69) is 10.3 Å². The fourth-order valence-electron chi connectivity index (χ4n) is 4.17. The van der Waals surface area contributed by atoms with Crippen molar-refractivity contribution in [3.8, 4) is 0 Å². The van der Waals surface area contributed by atoms with E-state index in [0.717, 1.165) is 31.2 Å². The minimum atomic E-state index is -0.284. The van der Waals surface area contributed by atoms with Crippen LogP contribution in [0.15, 0.2) is 59.7 Å². The Kier molecular flexibility index (Phi) is 5.69. The number of carbonyl (C=O) groups excluding carboxylic acids is 1. The summed E-state index contributed by atoms with van der Waals surface area (Å²) in [5.74, 6) is -0.0471. The number of aromatic nitrogens is 2. The highest BCUT2D eigenvalue weighted by Crippen LogP contribution is 2.35. The molecule has 1 amide bonds. The van der Waals surface area contributed by atoms with E-state index in [0.29, 0.717) is 16.8 Å². The van der Waals surface area contributed by atoms with Gasteiger partial charge in [0.1, 0.15) is 5.82 Å². The van der Waals surface area contributed by atoms with Crippen LogP contribution in [0.5, 0.6) is 0 Å². The van der Waals surface area contributed by atoms with E-state index in [9.17, 15) is 14.0 Å². The van der Waals surface area contributed by atoms with Crippen molar-refractivity contribution in [3.05, 3.63) is 76.6 Å². The lowest BCUT2D eigenvalue weighted by Gasteiger charge is -2.25. The molecule has 0 radical (unpaired) electrons. The smallest absolute Gasteiger partial charge is 0.261 e. The van der Waals surface area contributed by atoms with Crippen molar-refractivity contribution in [1.82, 2.24) is 14.9 Å². The number of benzene rings is 2. The van der Waals surface area contributed by atoms with Gasteiger partial charge in [-0.25, -0.2) is 9.37 Å². The van der Waals surface area contributed by atoms with Crippen LogP contribution in [0.4, 0.5) is 4.39 Å². The van der Waals surface area contributed by atoms with Crippen molar-refractivity contribution < 1.29 is 9.18 Å². The number of nitrogens with zero attached hydrogens (tertiary/aromatic N) is 2. The third kappa shape index (κ3) is 4.36. The van der Waals surface area contributed by atoms with Crippen molar-refractivity contribution >= 4 is 16.8 Å². The Morgan fingerprint density at radius 1 is 1.14 bits per heavy atom. The van der Waals surface area contributed by atoms with Gasteiger partial charge >= 0.3 is 0 Å². The van der Waals surface area contributed by atoms with E-state index < -0.39 is 0 Å². The highest BCUT2D eigenvalue weighted by molar-refractivity contribution is 5.77. The Morgan fingerprint density at radius 2 is 1.86 bits per heavy atom. The van der Waals surface area contributed by atoms with Gasteiger partial charge in [0.2, 0.25) is 5.91 Å². The van der Waals surface area contributed by atoms with E-state index in [-0.39, 0.29) is 36.3 Å². The zero-order valence-corrected chi connectivity index (χ0v) is 16.2. The molecule has 1 aliphatic carbocycles. The molecule has 0 bridgehead atoms. The first-order valence-electron chi connectivity index (χ1n) is 10.1. The molecule has 1 saturated carbocycles. The molecule has 0 spiro atoms. The zero-order valence-electron chi connectivity index (χ0n) is 16.2. The third-order valence-electron chi connectivity index (χ3n) is 5.73. The molecule has 1 atom stereocenters. The number of rotatable bonds is 6. The van der Waals surface area contributed by atoms with Crippen molar-refractivity contribution in [1.29, 1.82) is 0 Å². The van der Waals surface area contributed by atoms with E-state index in [1.165, 1.54) is 23.0 Å². The molecule has 0 saturated heterocycles. The summed E-state index contributed by atoms with van der Waals surface area (Å²) < 4.78 is 14.8. The molecule has 1 N–H and O–H groups in total. The standard InChI is InChI=1S/C23H24FN3O2/c24-18-11-9-17(10-12-18)22(16-5-1-2-6-16)26-21(28)13-14-27-15-25-20-8-4-3-7-19(20)23(27)29/h3-4,7-12,15-16,22H,1-2,5-6,13-14H2,(H,26,28)/t22-/m0/s1. The predicted molar refractivity (Wildman–Crippen MR) is 110 cm³/mol. The maximum absolute atomic E-state index is 13.3. The van der Waals surface area contributed by atoms with Crippen LogP contribution in [0, 0.1) is 11.7 Å². The minimum absolute atomic E-state index is 0.119. The van der Waals surface area contributed by atoms with Gasteiger partial charge in [0.05, 0.1) is 23.3 Å². The summed E-state index contributed by atoms with van der Waals surface area (Å²) in [6.07, 6.45) is 6.08. The summed E-state index contributed by atoms with van der Waals surface area (Å²) in [5, 5.41) is 3.67. The number of amides is 1. The normalized spacial score (nSPS) is 15.5. The molecule has 2 aromatic carbocycles. The topological polar surface area (TPSA) is 64.0 Å². The van der Waals surface area contributed by atoms with Crippen LogP contribution in [0.2, 0.25) is 0 Å². The van der Waals surface area contributed by atoms with Crippen molar-refractivity contribution in [2.75, 3.05) is 0 Å². The number of hydrogen-bond donors (Lipinski definition) is 1. The average Bonchev–Trinajstić information content (AvgIpc) is 3.27. The second-order valence-corrected chi connectivity index (χ2v) is 7.65. The highest BCUT2D eigenvalue weighted by atomic mass is 19.1. The Hall–Kier alpha value is -3.02. The molecular formula is C23H24FN3O2. The fraction of sp³-hybridized carbons (Fsp3) is 0.348. The first-order chi connectivity index (χ1) is 14.1. The van der Waals surface area contributed by atoms with Crippen LogP contribution in [-0.4, -0.2) is 15.5 Å². The van der Waals surface area contributed by atoms with Crippen LogP contribution in [0.3, 0.4) is 0 Å². The summed E-state index contributed by atoms with van der Waals surface area (Å²) in [7, 11) is 0. The SMILES string of the molecule is O=C(CCn1cnc2ccccc2c1=O)N[C@H](c1ccc(F)cc1)C1CCCC1. The van der Waals surface area contributed by atoms with Gasteiger partial charge in [-0.1, -0.05) is 37.1 Å². The summed E-state index contributed by atoms with van der Waals surface area (Å²) in [6, 6.07) is 13.4. The molecule has 3 aromatic rings. The number of fused-ring (bicyclic) bond motifs is 1. The fourth-order valence-corrected chi connectivity index (χ4v) is 4.17. The van der Waals surface area contributed by atoms with Crippen LogP contribution in [0.25, 0.3) is 10.9 Å². The second kappa shape index (κ2) is 8.55. The van der Waals surface area contributed by atoms with Crippen molar-refractivity contribution in [2.24, 2.45) is 5.92 Å². The summed E-state index contributed by atoms with van der Waals surface area (Å²) in [6.45, 7) is 0.267. The number of para-hydroxylation sites is 1. The van der Waals surface area contributed by atoms with Crippen LogP contribution in [0.1, 0.15) is 43.7 Å². The monoisotopic (exact) mass is 393 g/mol. The Morgan fingerprint density at radius 3 is 2.62 bits per heavy atom. The maximum Gasteiger partial charge on any atom is 0.261 e. The molecule has 5 nitrogen and oxygen atoms in total. The predicted octanol–water partition coefficient (Wildman–Crippen LogP) is 3.97. The van der Waals surface area contributed by atoms with E-state index >= 15 is 0 Å². The lowest BCUT2D eigenvalue weighted by Crippen LogP contribution is -2.34. The Labute approximate surface area is 168 Å². The highest BCUT2D eigenvalue weighted by Gasteiger charge is 2.27. The first kappa shape index (κ1) is 19.3. The van der Waals surface area contributed by atoms with Gasteiger partial charge < -0.3 is 5.32 Å². The molecule has 6 heteroatoms. The van der Waals surface area contributed by atoms with Gasteiger partial charge in [0.15, 0.2) is 0 Å². The quantitative estimate of drug-likeness (QED) is 0.689. The summed E-state index contributed by atoms with van der Waals surface area (Å²) in [5.41, 5.74) is 1.43. The van der Waals surface area contributed by atoms with Crippen LogP contribution in [-0.2, 0) is 11.3 Å². The summed E-state index contributed by atoms with van der Waals surface area (Å²) in [4.78, 5) is 29.6. The number of hydrogen-bond acceptors (Lipinski definition) is 3. The molecule has 1 fully saturated rings. The molecule has 150 valence electrons. The molecule has 1 aliphatic rings. The molecule has 0 aliphatic heterocycles. The average molecular weight is 393 g/mol. The molecule has 0 unspecified atom stereocenters. The van der Waals surface area contributed by atoms with E-state index in [1.54, 1.807) is 30.3 Å². The first-order valence-corrected chi connectivity index (χ1v) is 10.1. The third-order valence-corrected chi connectivity index (χ3v) is 5.73. The van der Waals surface area contributed by atoms with E-state index in [4.69, 9.17) is 0 Å². The van der Waals surface area contributed by atoms with Gasteiger partial charge in [-0.05, 0) is 48.6 Å². The lowest BCUT2D eigenvalue weighted by atomic mass is 9.91. The largest absolute Gasteiger partial charge is 0.349 e. The molecule has 29 heavy (non-hydrogen) atoms. The lowest BCUT2D eigenvalue weighted by molar-refractivity contribution is -0.122. The number of aryl methyl sites for hydroxylation is 1. The molecular weight excluding hydrogens is 369 g/mol. The van der Waals surface area contributed by atoms with Gasteiger partial charge in [-0.15, -0.1) is 0 Å². The van der Waals surface area contributed by atoms with E-state index in [1.807, 2.05) is 6.07 Å². The number of nitrogens with one attached hydrogen (secondary N) is 1. The molecule has 1 heterocycles.